The van der Waals surface area contributed by atoms with Crippen molar-refractivity contribution in [1.29, 1.82) is 0 Å². The van der Waals surface area contributed by atoms with Crippen LogP contribution in [-0.4, -0.2) is 17.9 Å². The van der Waals surface area contributed by atoms with Gasteiger partial charge in [0.2, 0.25) is 0 Å². The van der Waals surface area contributed by atoms with Crippen LogP contribution in [0.3, 0.4) is 0 Å². The Balaban J connectivity index is 1.73. The summed E-state index contributed by atoms with van der Waals surface area (Å²) in [6.45, 7) is 1.96. The first-order valence-corrected chi connectivity index (χ1v) is 10.1. The fourth-order valence-electron chi connectivity index (χ4n) is 3.44. The lowest BCUT2D eigenvalue weighted by atomic mass is 9.96. The molecule has 1 fully saturated rings. The minimum absolute atomic E-state index is 0.143. The summed E-state index contributed by atoms with van der Waals surface area (Å²) < 4.78 is 5.34. The molecule has 1 aromatic carbocycles. The van der Waals surface area contributed by atoms with E-state index in [2.05, 4.69) is 10.6 Å². The van der Waals surface area contributed by atoms with Crippen molar-refractivity contribution in [3.63, 3.8) is 0 Å². The van der Waals surface area contributed by atoms with E-state index in [1.807, 2.05) is 19.1 Å². The summed E-state index contributed by atoms with van der Waals surface area (Å²) in [6.07, 6.45) is 11.0. The van der Waals surface area contributed by atoms with E-state index in [0.717, 1.165) is 31.2 Å². The molecule has 5 heteroatoms. The molecule has 0 saturated heterocycles. The van der Waals surface area contributed by atoms with E-state index in [9.17, 15) is 9.59 Å². The third kappa shape index (κ3) is 5.84. The molecule has 1 aromatic heterocycles. The smallest absolute Gasteiger partial charge is 0.268 e. The van der Waals surface area contributed by atoms with Crippen LogP contribution in [0.2, 0.25) is 0 Å². The van der Waals surface area contributed by atoms with E-state index in [1.165, 1.54) is 25.5 Å². The molecule has 1 saturated carbocycles. The van der Waals surface area contributed by atoms with Gasteiger partial charge in [0, 0.05) is 17.7 Å². The second-order valence-electron chi connectivity index (χ2n) is 7.41. The molecule has 1 heterocycles. The number of rotatable bonds is 5. The van der Waals surface area contributed by atoms with Crippen molar-refractivity contribution >= 4 is 17.9 Å². The molecule has 0 spiro atoms. The van der Waals surface area contributed by atoms with Gasteiger partial charge in [0.25, 0.3) is 11.8 Å². The fourth-order valence-corrected chi connectivity index (χ4v) is 3.44. The summed E-state index contributed by atoms with van der Waals surface area (Å²) in [5.41, 5.74) is 1.78. The molecule has 148 valence electrons. The van der Waals surface area contributed by atoms with Crippen molar-refractivity contribution < 1.29 is 14.0 Å². The lowest BCUT2D eigenvalue weighted by Crippen LogP contribution is -2.40. The molecule has 0 aliphatic heterocycles. The van der Waals surface area contributed by atoms with Crippen LogP contribution in [0.15, 0.2) is 52.8 Å². The van der Waals surface area contributed by atoms with Crippen LogP contribution < -0.4 is 10.6 Å². The number of carbonyl (C=O) groups excluding carboxylic acids is 2. The topological polar surface area (TPSA) is 71.3 Å². The lowest BCUT2D eigenvalue weighted by molar-refractivity contribution is -0.118. The Kier molecular flexibility index (Phi) is 7.06. The van der Waals surface area contributed by atoms with Crippen LogP contribution in [0.5, 0.6) is 0 Å². The molecule has 0 radical (unpaired) electrons. The number of amides is 2. The van der Waals surface area contributed by atoms with Gasteiger partial charge < -0.3 is 15.1 Å². The molecule has 2 N–H and O–H groups in total. The van der Waals surface area contributed by atoms with Crippen molar-refractivity contribution in [3.8, 4) is 0 Å². The summed E-state index contributed by atoms with van der Waals surface area (Å²) in [4.78, 5) is 25.6. The molecular weight excluding hydrogens is 352 g/mol. The Morgan fingerprint density at radius 2 is 1.68 bits per heavy atom. The van der Waals surface area contributed by atoms with Gasteiger partial charge in [-0.15, -0.1) is 0 Å². The number of nitrogens with one attached hydrogen (secondary N) is 2. The monoisotopic (exact) mass is 380 g/mol. The molecule has 0 bridgehead atoms. The maximum absolute atomic E-state index is 12.9. The van der Waals surface area contributed by atoms with Crippen LogP contribution in [0, 0.1) is 6.92 Å². The van der Waals surface area contributed by atoms with Crippen molar-refractivity contribution in [2.45, 2.75) is 57.9 Å². The molecule has 2 amide bonds. The van der Waals surface area contributed by atoms with Crippen LogP contribution >= 0.6 is 0 Å². The number of hydrogen-bond acceptors (Lipinski definition) is 3. The zero-order chi connectivity index (χ0) is 19.8. The molecule has 28 heavy (non-hydrogen) atoms. The van der Waals surface area contributed by atoms with Crippen molar-refractivity contribution in [2.75, 3.05) is 0 Å². The summed E-state index contributed by atoms with van der Waals surface area (Å²) >= 11 is 0. The molecular formula is C23H28N2O3. The molecule has 3 rings (SSSR count). The number of benzene rings is 1. The first-order chi connectivity index (χ1) is 13.6. The Labute approximate surface area is 166 Å². The minimum atomic E-state index is -0.314. The third-order valence-electron chi connectivity index (χ3n) is 5.08. The first-order valence-electron chi connectivity index (χ1n) is 10.1. The van der Waals surface area contributed by atoms with Crippen molar-refractivity contribution in [3.05, 3.63) is 65.2 Å². The van der Waals surface area contributed by atoms with E-state index in [4.69, 9.17) is 4.42 Å². The number of hydrogen-bond donors (Lipinski definition) is 2. The molecule has 1 aliphatic rings. The van der Waals surface area contributed by atoms with Crippen LogP contribution in [0.1, 0.15) is 66.6 Å². The summed E-state index contributed by atoms with van der Waals surface area (Å²) in [5, 5.41) is 5.86. The van der Waals surface area contributed by atoms with Crippen molar-refractivity contribution in [1.82, 2.24) is 10.6 Å². The largest absolute Gasteiger partial charge is 0.465 e. The molecule has 2 aromatic rings. The minimum Gasteiger partial charge on any atom is -0.465 e. The third-order valence-corrected chi connectivity index (χ3v) is 5.08. The Morgan fingerprint density at radius 3 is 2.32 bits per heavy atom. The van der Waals surface area contributed by atoms with Gasteiger partial charge in [-0.1, -0.05) is 49.8 Å². The molecule has 0 atom stereocenters. The predicted molar refractivity (Wildman–Crippen MR) is 110 cm³/mol. The average Bonchev–Trinajstić information content (AvgIpc) is 3.17. The van der Waals surface area contributed by atoms with E-state index in [-0.39, 0.29) is 23.6 Å². The van der Waals surface area contributed by atoms with Gasteiger partial charge in [0.15, 0.2) is 0 Å². The summed E-state index contributed by atoms with van der Waals surface area (Å²) in [5.74, 6) is -0.0694. The van der Waals surface area contributed by atoms with Gasteiger partial charge in [-0.05, 0) is 44.0 Å². The fraction of sp³-hybridized carbons (Fsp3) is 0.391. The zero-order valence-electron chi connectivity index (χ0n) is 16.4. The number of carbonyl (C=O) groups is 2. The van der Waals surface area contributed by atoms with Crippen molar-refractivity contribution in [2.24, 2.45) is 0 Å². The van der Waals surface area contributed by atoms with E-state index in [0.29, 0.717) is 11.3 Å². The standard InChI is InChI=1S/C23H28N2O3/c1-17-11-13-18(14-12-17)22(26)25-21(16-20-10-7-15-28-20)23(27)24-19-8-5-3-2-4-6-9-19/h7,10-16,19H,2-6,8-9H2,1H3,(H,24,27)(H,25,26)/b21-16-. The Morgan fingerprint density at radius 1 is 1.00 bits per heavy atom. The Bertz CT molecular complexity index is 799. The van der Waals surface area contributed by atoms with Crippen LogP contribution in [-0.2, 0) is 4.79 Å². The van der Waals surface area contributed by atoms with Gasteiger partial charge in [0.05, 0.1) is 6.26 Å². The summed E-state index contributed by atoms with van der Waals surface area (Å²) in [7, 11) is 0. The Hall–Kier alpha value is -2.82. The SMILES string of the molecule is Cc1ccc(C(=O)N/C(=C\c2ccco2)C(=O)NC2CCCCCCC2)cc1. The maximum Gasteiger partial charge on any atom is 0.268 e. The van der Waals surface area contributed by atoms with Gasteiger partial charge in [-0.3, -0.25) is 9.59 Å². The van der Waals surface area contributed by atoms with Gasteiger partial charge >= 0.3 is 0 Å². The molecule has 1 aliphatic carbocycles. The molecule has 0 unspecified atom stereocenters. The highest BCUT2D eigenvalue weighted by atomic mass is 16.3. The van der Waals surface area contributed by atoms with Crippen LogP contribution in [0.4, 0.5) is 0 Å². The van der Waals surface area contributed by atoms with Crippen LogP contribution in [0.25, 0.3) is 6.08 Å². The van der Waals surface area contributed by atoms with E-state index < -0.39 is 0 Å². The summed E-state index contributed by atoms with van der Waals surface area (Å²) in [6, 6.07) is 10.9. The second kappa shape index (κ2) is 9.93. The van der Waals surface area contributed by atoms with Gasteiger partial charge in [-0.2, -0.15) is 0 Å². The zero-order valence-corrected chi connectivity index (χ0v) is 16.4. The normalized spacial score (nSPS) is 16.1. The maximum atomic E-state index is 12.9. The predicted octanol–water partition coefficient (Wildman–Crippen LogP) is 4.59. The highest BCUT2D eigenvalue weighted by molar-refractivity contribution is 6.05. The second-order valence-corrected chi connectivity index (χ2v) is 7.41. The average molecular weight is 380 g/mol. The van der Waals surface area contributed by atoms with E-state index in [1.54, 1.807) is 30.3 Å². The van der Waals surface area contributed by atoms with Gasteiger partial charge in [0.1, 0.15) is 11.5 Å². The highest BCUT2D eigenvalue weighted by Crippen LogP contribution is 2.18. The number of aryl methyl sites for hydroxylation is 1. The van der Waals surface area contributed by atoms with Gasteiger partial charge in [-0.25, -0.2) is 0 Å². The number of furan rings is 1. The first kappa shape index (κ1) is 19.9. The lowest BCUT2D eigenvalue weighted by Gasteiger charge is -2.22. The molecule has 5 nitrogen and oxygen atoms in total. The van der Waals surface area contributed by atoms with E-state index >= 15 is 0 Å². The highest BCUT2D eigenvalue weighted by Gasteiger charge is 2.19. The quantitative estimate of drug-likeness (QED) is 0.746.